The third-order valence-electron chi connectivity index (χ3n) is 2.97. The quantitative estimate of drug-likeness (QED) is 0.795. The van der Waals surface area contributed by atoms with E-state index in [-0.39, 0.29) is 12.6 Å². The molecule has 0 spiro atoms. The van der Waals surface area contributed by atoms with Crippen LogP contribution in [0.2, 0.25) is 0 Å². The maximum atomic E-state index is 9.34. The van der Waals surface area contributed by atoms with Gasteiger partial charge in [-0.3, -0.25) is 0 Å². The van der Waals surface area contributed by atoms with E-state index in [4.69, 9.17) is 5.73 Å². The highest BCUT2D eigenvalue weighted by molar-refractivity contribution is 5.79. The fourth-order valence-electron chi connectivity index (χ4n) is 2.14. The molecule has 2 rings (SSSR count). The van der Waals surface area contributed by atoms with Gasteiger partial charge in [-0.15, -0.1) is 0 Å². The topological polar surface area (TPSA) is 64.1 Å². The minimum absolute atomic E-state index is 0.0465. The molecular weight excluding hydrogens is 214 g/mol. The van der Waals surface area contributed by atoms with Gasteiger partial charge < -0.3 is 15.4 Å². The number of rotatable bonds is 4. The van der Waals surface area contributed by atoms with Crippen molar-refractivity contribution >= 4 is 16.7 Å². The number of anilines is 1. The first kappa shape index (κ1) is 11.9. The lowest BCUT2D eigenvalue weighted by atomic mass is 10.2. The van der Waals surface area contributed by atoms with Crippen molar-refractivity contribution in [3.8, 4) is 0 Å². The predicted octanol–water partition coefficient (Wildman–Crippen LogP) is 2.12. The number of benzene rings is 1. The van der Waals surface area contributed by atoms with E-state index in [2.05, 4.69) is 16.5 Å². The van der Waals surface area contributed by atoms with Crippen molar-refractivity contribution in [1.29, 1.82) is 0 Å². The Morgan fingerprint density at radius 3 is 2.88 bits per heavy atom. The highest BCUT2D eigenvalue weighted by Crippen LogP contribution is 2.23. The first-order valence-electron chi connectivity index (χ1n) is 6.04. The number of hydrogen-bond acceptors (Lipinski definition) is 3. The lowest BCUT2D eigenvalue weighted by Crippen LogP contribution is -2.12. The molecule has 0 amide bonds. The molecule has 1 aromatic heterocycles. The van der Waals surface area contributed by atoms with Crippen LogP contribution in [0.5, 0.6) is 0 Å². The van der Waals surface area contributed by atoms with Gasteiger partial charge in [-0.05, 0) is 31.5 Å². The summed E-state index contributed by atoms with van der Waals surface area (Å²) in [5.41, 5.74) is 8.45. The lowest BCUT2D eigenvalue weighted by molar-refractivity contribution is 0.239. The van der Waals surface area contributed by atoms with Crippen LogP contribution in [0.4, 0.5) is 5.69 Å². The summed E-state index contributed by atoms with van der Waals surface area (Å²) in [6, 6.07) is 5.78. The van der Waals surface area contributed by atoms with Crippen molar-refractivity contribution in [3.05, 3.63) is 24.0 Å². The highest BCUT2D eigenvalue weighted by Gasteiger charge is 2.14. The van der Waals surface area contributed by atoms with Crippen molar-refractivity contribution in [2.24, 2.45) is 0 Å². The summed E-state index contributed by atoms with van der Waals surface area (Å²) in [4.78, 5) is 4.60. The summed E-state index contributed by atoms with van der Waals surface area (Å²) in [7, 11) is 0. The van der Waals surface area contributed by atoms with Crippen LogP contribution in [-0.4, -0.2) is 21.3 Å². The number of aromatic nitrogens is 2. The number of nitrogens with two attached hydrogens (primary N) is 1. The molecule has 1 atom stereocenters. The largest absolute Gasteiger partial charge is 0.399 e. The third-order valence-corrected chi connectivity index (χ3v) is 2.97. The molecule has 0 bridgehead atoms. The molecule has 0 fully saturated rings. The number of aliphatic hydroxyl groups excluding tert-OH is 1. The number of aryl methyl sites for hydroxylation is 1. The van der Waals surface area contributed by atoms with Crippen molar-refractivity contribution < 1.29 is 5.11 Å². The zero-order valence-electron chi connectivity index (χ0n) is 10.3. The number of hydrogen-bond donors (Lipinski definition) is 2. The van der Waals surface area contributed by atoms with Crippen molar-refractivity contribution in [1.82, 2.24) is 9.55 Å². The van der Waals surface area contributed by atoms with Gasteiger partial charge in [0.05, 0.1) is 23.7 Å². The first-order valence-corrected chi connectivity index (χ1v) is 6.04. The average molecular weight is 233 g/mol. The highest BCUT2D eigenvalue weighted by atomic mass is 16.3. The Labute approximate surface area is 101 Å². The van der Waals surface area contributed by atoms with Gasteiger partial charge in [0.15, 0.2) is 0 Å². The summed E-state index contributed by atoms with van der Waals surface area (Å²) in [6.45, 7) is 4.24. The molecule has 4 nitrogen and oxygen atoms in total. The van der Waals surface area contributed by atoms with E-state index in [1.54, 1.807) is 0 Å². The Kier molecular flexibility index (Phi) is 3.33. The standard InChI is InChI=1S/C13H19N3O/c1-3-4-13-15-11-7-10(14)5-6-12(11)16(13)9(2)8-17/h5-7,9,17H,3-4,8,14H2,1-2H3. The van der Waals surface area contributed by atoms with E-state index in [9.17, 15) is 5.11 Å². The molecule has 0 aliphatic carbocycles. The summed E-state index contributed by atoms with van der Waals surface area (Å²) in [5, 5.41) is 9.34. The summed E-state index contributed by atoms with van der Waals surface area (Å²) >= 11 is 0. The van der Waals surface area contributed by atoms with E-state index in [0.717, 1.165) is 35.4 Å². The number of nitrogen functional groups attached to an aromatic ring is 1. The monoisotopic (exact) mass is 233 g/mol. The summed E-state index contributed by atoms with van der Waals surface area (Å²) in [5.74, 6) is 1.02. The van der Waals surface area contributed by atoms with Crippen LogP contribution in [0.15, 0.2) is 18.2 Å². The molecule has 17 heavy (non-hydrogen) atoms. The molecule has 4 heteroatoms. The maximum absolute atomic E-state index is 9.34. The molecule has 0 saturated carbocycles. The van der Waals surface area contributed by atoms with E-state index in [1.165, 1.54) is 0 Å². The molecule has 0 aliphatic heterocycles. The SMILES string of the molecule is CCCc1nc2cc(N)ccc2n1C(C)CO. The summed E-state index contributed by atoms with van der Waals surface area (Å²) < 4.78 is 2.11. The molecule has 3 N–H and O–H groups in total. The fourth-order valence-corrected chi connectivity index (χ4v) is 2.14. The zero-order chi connectivity index (χ0) is 12.4. The van der Waals surface area contributed by atoms with Crippen LogP contribution in [0.1, 0.15) is 32.1 Å². The van der Waals surface area contributed by atoms with E-state index in [1.807, 2.05) is 25.1 Å². The second-order valence-electron chi connectivity index (χ2n) is 4.43. The molecule has 1 unspecified atom stereocenters. The van der Waals surface area contributed by atoms with Gasteiger partial charge in [0, 0.05) is 12.1 Å². The van der Waals surface area contributed by atoms with Gasteiger partial charge in [-0.25, -0.2) is 4.98 Å². The van der Waals surface area contributed by atoms with Crippen LogP contribution >= 0.6 is 0 Å². The minimum Gasteiger partial charge on any atom is -0.399 e. The number of imidazole rings is 1. The van der Waals surface area contributed by atoms with E-state index < -0.39 is 0 Å². The van der Waals surface area contributed by atoms with Gasteiger partial charge in [0.2, 0.25) is 0 Å². The fraction of sp³-hybridized carbons (Fsp3) is 0.462. The zero-order valence-corrected chi connectivity index (χ0v) is 10.3. The van der Waals surface area contributed by atoms with Crippen LogP contribution in [0, 0.1) is 0 Å². The Bertz CT molecular complexity index is 519. The van der Waals surface area contributed by atoms with Crippen molar-refractivity contribution in [3.63, 3.8) is 0 Å². The Hall–Kier alpha value is -1.55. The molecule has 1 aromatic carbocycles. The Balaban J connectivity index is 2.62. The Morgan fingerprint density at radius 2 is 2.24 bits per heavy atom. The molecular formula is C13H19N3O. The predicted molar refractivity (Wildman–Crippen MR) is 69.9 cm³/mol. The van der Waals surface area contributed by atoms with Crippen LogP contribution in [0.25, 0.3) is 11.0 Å². The van der Waals surface area contributed by atoms with E-state index in [0.29, 0.717) is 0 Å². The normalized spacial score (nSPS) is 13.1. The minimum atomic E-state index is 0.0465. The molecule has 0 saturated heterocycles. The lowest BCUT2D eigenvalue weighted by Gasteiger charge is -2.14. The second-order valence-corrected chi connectivity index (χ2v) is 4.43. The van der Waals surface area contributed by atoms with Gasteiger partial charge in [-0.1, -0.05) is 6.92 Å². The van der Waals surface area contributed by atoms with Crippen LogP contribution < -0.4 is 5.73 Å². The maximum Gasteiger partial charge on any atom is 0.110 e. The molecule has 92 valence electrons. The van der Waals surface area contributed by atoms with Gasteiger partial charge >= 0.3 is 0 Å². The van der Waals surface area contributed by atoms with Gasteiger partial charge in [0.25, 0.3) is 0 Å². The second kappa shape index (κ2) is 4.75. The molecule has 2 aromatic rings. The molecule has 0 radical (unpaired) electrons. The molecule has 1 heterocycles. The van der Waals surface area contributed by atoms with Gasteiger partial charge in [-0.2, -0.15) is 0 Å². The smallest absolute Gasteiger partial charge is 0.110 e. The van der Waals surface area contributed by atoms with Gasteiger partial charge in [0.1, 0.15) is 5.82 Å². The average Bonchev–Trinajstić information content (AvgIpc) is 2.65. The van der Waals surface area contributed by atoms with Crippen molar-refractivity contribution in [2.45, 2.75) is 32.7 Å². The summed E-state index contributed by atoms with van der Waals surface area (Å²) in [6.07, 6.45) is 1.95. The van der Waals surface area contributed by atoms with Crippen LogP contribution in [0.3, 0.4) is 0 Å². The molecule has 0 aliphatic rings. The number of aliphatic hydroxyl groups is 1. The van der Waals surface area contributed by atoms with E-state index >= 15 is 0 Å². The number of nitrogens with zero attached hydrogens (tertiary/aromatic N) is 2. The third kappa shape index (κ3) is 2.13. The number of fused-ring (bicyclic) bond motifs is 1. The van der Waals surface area contributed by atoms with Crippen molar-refractivity contribution in [2.75, 3.05) is 12.3 Å². The van der Waals surface area contributed by atoms with Crippen LogP contribution in [-0.2, 0) is 6.42 Å². The first-order chi connectivity index (χ1) is 8.17. The Morgan fingerprint density at radius 1 is 1.47 bits per heavy atom.